The molecule has 0 saturated heterocycles. The van der Waals surface area contributed by atoms with E-state index in [9.17, 15) is 4.79 Å². The smallest absolute Gasteiger partial charge is 0.223 e. The SMILES string of the molecule is Cl.O=c1ccn(CCl)cc1OCc1ccccc1. The van der Waals surface area contributed by atoms with Crippen LogP contribution in [0, 0.1) is 0 Å². The summed E-state index contributed by atoms with van der Waals surface area (Å²) in [6.45, 7) is 0.377. The van der Waals surface area contributed by atoms with Crippen molar-refractivity contribution >= 4 is 24.0 Å². The summed E-state index contributed by atoms with van der Waals surface area (Å²) in [5.74, 6) is 0.317. The van der Waals surface area contributed by atoms with Crippen molar-refractivity contribution in [3.8, 4) is 5.75 Å². The van der Waals surface area contributed by atoms with Gasteiger partial charge in [0.1, 0.15) is 6.61 Å². The monoisotopic (exact) mass is 285 g/mol. The quantitative estimate of drug-likeness (QED) is 0.809. The summed E-state index contributed by atoms with van der Waals surface area (Å²) in [6.07, 6.45) is 3.24. The predicted octanol–water partition coefficient (Wildman–Crippen LogP) is 3.05. The summed E-state index contributed by atoms with van der Waals surface area (Å²) in [6, 6.07) is 11.4. The Labute approximate surface area is 116 Å². The van der Waals surface area contributed by atoms with Crippen molar-refractivity contribution in [2.75, 3.05) is 0 Å². The lowest BCUT2D eigenvalue weighted by molar-refractivity contribution is 0.300. The first kappa shape index (κ1) is 14.6. The van der Waals surface area contributed by atoms with E-state index in [1.54, 1.807) is 17.0 Å². The Morgan fingerprint density at radius 2 is 1.89 bits per heavy atom. The van der Waals surface area contributed by atoms with Crippen molar-refractivity contribution in [2.45, 2.75) is 12.6 Å². The van der Waals surface area contributed by atoms with Gasteiger partial charge in [0.25, 0.3) is 0 Å². The molecule has 2 rings (SSSR count). The van der Waals surface area contributed by atoms with Gasteiger partial charge in [-0.05, 0) is 5.56 Å². The van der Waals surface area contributed by atoms with Crippen molar-refractivity contribution < 1.29 is 4.74 Å². The molecule has 2 aromatic rings. The van der Waals surface area contributed by atoms with Gasteiger partial charge in [0.05, 0.1) is 12.2 Å². The molecule has 1 aromatic carbocycles. The molecule has 0 aliphatic heterocycles. The third kappa shape index (κ3) is 3.79. The van der Waals surface area contributed by atoms with Crippen molar-refractivity contribution in [1.29, 1.82) is 0 Å². The summed E-state index contributed by atoms with van der Waals surface area (Å²) in [7, 11) is 0. The van der Waals surface area contributed by atoms with Gasteiger partial charge in [-0.2, -0.15) is 0 Å². The molecule has 1 heterocycles. The summed E-state index contributed by atoms with van der Waals surface area (Å²) >= 11 is 5.67. The molecule has 0 saturated carbocycles. The minimum absolute atomic E-state index is 0. The van der Waals surface area contributed by atoms with Gasteiger partial charge in [-0.15, -0.1) is 24.0 Å². The number of pyridine rings is 1. The van der Waals surface area contributed by atoms with Gasteiger partial charge in [0, 0.05) is 12.3 Å². The van der Waals surface area contributed by atoms with Crippen molar-refractivity contribution in [3.63, 3.8) is 0 Å². The van der Waals surface area contributed by atoms with Crippen molar-refractivity contribution in [3.05, 3.63) is 64.6 Å². The minimum atomic E-state index is -0.137. The Balaban J connectivity index is 0.00000162. The number of nitrogens with zero attached hydrogens (tertiary/aromatic N) is 1. The highest BCUT2D eigenvalue weighted by molar-refractivity contribution is 6.15. The third-order valence-electron chi connectivity index (χ3n) is 2.32. The van der Waals surface area contributed by atoms with E-state index < -0.39 is 0 Å². The molecule has 1 aromatic heterocycles. The van der Waals surface area contributed by atoms with Crippen molar-refractivity contribution in [2.24, 2.45) is 0 Å². The number of ether oxygens (including phenoxy) is 1. The van der Waals surface area contributed by atoms with Crippen LogP contribution in [0.1, 0.15) is 5.56 Å². The summed E-state index contributed by atoms with van der Waals surface area (Å²) in [4.78, 5) is 11.5. The van der Waals surface area contributed by atoms with E-state index in [2.05, 4.69) is 0 Å². The van der Waals surface area contributed by atoms with Gasteiger partial charge >= 0.3 is 0 Å². The van der Waals surface area contributed by atoms with E-state index in [-0.39, 0.29) is 17.8 Å². The van der Waals surface area contributed by atoms with Crippen LogP contribution in [0.3, 0.4) is 0 Å². The lowest BCUT2D eigenvalue weighted by Gasteiger charge is -2.07. The lowest BCUT2D eigenvalue weighted by atomic mass is 10.2. The number of hydrogen-bond donors (Lipinski definition) is 0. The van der Waals surface area contributed by atoms with Gasteiger partial charge in [0.2, 0.25) is 5.43 Å². The summed E-state index contributed by atoms with van der Waals surface area (Å²) in [5.41, 5.74) is 0.885. The molecule has 96 valence electrons. The molecule has 5 heteroatoms. The van der Waals surface area contributed by atoms with Crippen molar-refractivity contribution in [1.82, 2.24) is 4.57 Å². The fourth-order valence-electron chi connectivity index (χ4n) is 1.42. The Morgan fingerprint density at radius 3 is 2.56 bits per heavy atom. The van der Waals surface area contributed by atoms with Gasteiger partial charge in [-0.25, -0.2) is 0 Å². The molecule has 0 fully saturated rings. The fraction of sp³-hybridized carbons (Fsp3) is 0.154. The van der Waals surface area contributed by atoms with Crippen LogP contribution >= 0.6 is 24.0 Å². The van der Waals surface area contributed by atoms with Gasteiger partial charge in [-0.3, -0.25) is 4.79 Å². The van der Waals surface area contributed by atoms with Crippen LogP contribution in [0.15, 0.2) is 53.6 Å². The maximum Gasteiger partial charge on any atom is 0.223 e. The Kier molecular flexibility index (Phi) is 5.75. The lowest BCUT2D eigenvalue weighted by Crippen LogP contribution is -2.09. The topological polar surface area (TPSA) is 31.2 Å². The van der Waals surface area contributed by atoms with Crippen LogP contribution in [0.4, 0.5) is 0 Å². The van der Waals surface area contributed by atoms with Crippen LogP contribution in [-0.2, 0) is 12.6 Å². The Morgan fingerprint density at radius 1 is 1.17 bits per heavy atom. The highest BCUT2D eigenvalue weighted by Gasteiger charge is 2.01. The number of benzene rings is 1. The maximum atomic E-state index is 11.5. The average molecular weight is 286 g/mol. The van der Waals surface area contributed by atoms with Crippen LogP contribution < -0.4 is 10.2 Å². The maximum absolute atomic E-state index is 11.5. The van der Waals surface area contributed by atoms with E-state index in [1.807, 2.05) is 30.3 Å². The number of rotatable bonds is 4. The van der Waals surface area contributed by atoms with E-state index in [0.717, 1.165) is 5.56 Å². The Bertz CT molecular complexity index is 540. The molecule has 0 N–H and O–H groups in total. The largest absolute Gasteiger partial charge is 0.483 e. The number of aromatic nitrogens is 1. The normalized spacial score (nSPS) is 9.61. The number of alkyl halides is 1. The molecule has 0 radical (unpaired) electrons. The highest BCUT2D eigenvalue weighted by atomic mass is 35.5. The first-order valence-corrected chi connectivity index (χ1v) is 5.76. The predicted molar refractivity (Wildman–Crippen MR) is 74.6 cm³/mol. The molecule has 0 unspecified atom stereocenters. The molecule has 3 nitrogen and oxygen atoms in total. The molecule has 18 heavy (non-hydrogen) atoms. The van der Waals surface area contributed by atoms with Gasteiger partial charge in [0.15, 0.2) is 5.75 Å². The minimum Gasteiger partial charge on any atom is -0.483 e. The van der Waals surface area contributed by atoms with Crippen LogP contribution in [0.25, 0.3) is 0 Å². The van der Waals surface area contributed by atoms with Crippen LogP contribution in [-0.4, -0.2) is 4.57 Å². The van der Waals surface area contributed by atoms with Crippen LogP contribution in [0.2, 0.25) is 0 Å². The third-order valence-corrected chi connectivity index (χ3v) is 2.59. The van der Waals surface area contributed by atoms with E-state index in [0.29, 0.717) is 18.4 Å². The van der Waals surface area contributed by atoms with E-state index in [1.165, 1.54) is 6.07 Å². The van der Waals surface area contributed by atoms with E-state index >= 15 is 0 Å². The molecule has 0 atom stereocenters. The molecule has 0 bridgehead atoms. The second-order valence-corrected chi connectivity index (χ2v) is 3.82. The zero-order valence-electron chi connectivity index (χ0n) is 9.58. The highest BCUT2D eigenvalue weighted by Crippen LogP contribution is 2.07. The molecule has 0 spiro atoms. The number of hydrogen-bond acceptors (Lipinski definition) is 2. The average Bonchev–Trinajstić information content (AvgIpc) is 2.39. The molecule has 0 aliphatic rings. The number of halogens is 2. The zero-order chi connectivity index (χ0) is 12.1. The molecular formula is C13H13Cl2NO2. The second-order valence-electron chi connectivity index (χ2n) is 3.58. The zero-order valence-corrected chi connectivity index (χ0v) is 11.2. The van der Waals surface area contributed by atoms with Gasteiger partial charge < -0.3 is 9.30 Å². The van der Waals surface area contributed by atoms with Gasteiger partial charge in [-0.1, -0.05) is 30.3 Å². The first-order valence-electron chi connectivity index (χ1n) is 5.22. The fourth-order valence-corrected chi connectivity index (χ4v) is 1.57. The standard InChI is InChI=1S/C13H12ClNO2.ClH/c14-10-15-7-6-12(16)13(8-15)17-9-11-4-2-1-3-5-11;/h1-8H,9-10H2;1H. The summed E-state index contributed by atoms with van der Waals surface area (Å²) in [5, 5.41) is 0. The molecular weight excluding hydrogens is 273 g/mol. The summed E-state index contributed by atoms with van der Waals surface area (Å²) < 4.78 is 7.16. The Hall–Kier alpha value is -1.45. The first-order chi connectivity index (χ1) is 8.29. The molecule has 0 amide bonds. The second kappa shape index (κ2) is 7.09. The molecule has 0 aliphatic carbocycles. The van der Waals surface area contributed by atoms with Crippen LogP contribution in [0.5, 0.6) is 5.75 Å². The van der Waals surface area contributed by atoms with E-state index in [4.69, 9.17) is 16.3 Å².